The molecular formula is C28H20ClN5OS. The number of para-hydroxylation sites is 1. The Kier molecular flexibility index (Phi) is 6.30. The van der Waals surface area contributed by atoms with Crippen LogP contribution in [0.15, 0.2) is 78.9 Å². The number of halogens is 1. The summed E-state index contributed by atoms with van der Waals surface area (Å²) in [4.78, 5) is 18.2. The van der Waals surface area contributed by atoms with Crippen LogP contribution in [0, 0.1) is 18.3 Å². The van der Waals surface area contributed by atoms with Crippen molar-refractivity contribution in [3.05, 3.63) is 101 Å². The lowest BCUT2D eigenvalue weighted by atomic mass is 10.00. The summed E-state index contributed by atoms with van der Waals surface area (Å²) in [6.45, 7) is 1.96. The van der Waals surface area contributed by atoms with Crippen LogP contribution < -0.4 is 16.4 Å². The van der Waals surface area contributed by atoms with E-state index in [-0.39, 0.29) is 17.3 Å². The molecule has 8 heteroatoms. The second-order valence-corrected chi connectivity index (χ2v) is 9.62. The maximum Gasteiger partial charge on any atom is 0.260 e. The number of nitrogens with two attached hydrogens (primary N) is 1. The van der Waals surface area contributed by atoms with Crippen LogP contribution in [0.2, 0.25) is 5.02 Å². The first-order valence-electron chi connectivity index (χ1n) is 11.1. The van der Waals surface area contributed by atoms with Crippen LogP contribution in [-0.4, -0.2) is 10.9 Å². The maximum absolute atomic E-state index is 13.7. The third-order valence-corrected chi connectivity index (χ3v) is 6.99. The topological polar surface area (TPSA) is 104 Å². The number of rotatable bonds is 5. The predicted octanol–water partition coefficient (Wildman–Crippen LogP) is 7.37. The number of benzene rings is 3. The summed E-state index contributed by atoms with van der Waals surface area (Å²) in [6.07, 6.45) is 0. The molecule has 0 aliphatic rings. The van der Waals surface area contributed by atoms with Crippen molar-refractivity contribution in [2.24, 2.45) is 0 Å². The van der Waals surface area contributed by atoms with Crippen molar-refractivity contribution in [2.45, 2.75) is 6.92 Å². The minimum atomic E-state index is -0.330. The smallest absolute Gasteiger partial charge is 0.260 e. The molecule has 0 saturated heterocycles. The number of hydrogen-bond acceptors (Lipinski definition) is 6. The van der Waals surface area contributed by atoms with Crippen LogP contribution in [0.1, 0.15) is 21.5 Å². The second kappa shape index (κ2) is 9.70. The minimum absolute atomic E-state index is 0.0589. The van der Waals surface area contributed by atoms with Crippen molar-refractivity contribution in [2.75, 3.05) is 16.4 Å². The molecule has 0 aliphatic carbocycles. The van der Waals surface area contributed by atoms with Gasteiger partial charge in [-0.15, -0.1) is 11.3 Å². The average molecular weight is 510 g/mol. The molecule has 5 rings (SSSR count). The summed E-state index contributed by atoms with van der Waals surface area (Å²) in [5, 5.41) is 17.4. The van der Waals surface area contributed by atoms with Gasteiger partial charge >= 0.3 is 0 Å². The Morgan fingerprint density at radius 2 is 1.75 bits per heavy atom. The zero-order valence-electron chi connectivity index (χ0n) is 19.2. The molecule has 176 valence electrons. The van der Waals surface area contributed by atoms with Crippen LogP contribution >= 0.6 is 22.9 Å². The van der Waals surface area contributed by atoms with E-state index in [1.54, 1.807) is 12.1 Å². The summed E-state index contributed by atoms with van der Waals surface area (Å²) in [5.41, 5.74) is 11.2. The van der Waals surface area contributed by atoms with Crippen molar-refractivity contribution in [1.29, 1.82) is 5.26 Å². The first-order valence-corrected chi connectivity index (χ1v) is 12.3. The number of hydrogen-bond donors (Lipinski definition) is 3. The predicted molar refractivity (Wildman–Crippen MR) is 148 cm³/mol. The molecule has 0 aliphatic heterocycles. The lowest BCUT2D eigenvalue weighted by Gasteiger charge is -2.10. The summed E-state index contributed by atoms with van der Waals surface area (Å²) < 4.78 is 0.677. The van der Waals surface area contributed by atoms with Gasteiger partial charge < -0.3 is 16.4 Å². The van der Waals surface area contributed by atoms with Gasteiger partial charge in [-0.1, -0.05) is 54.1 Å². The summed E-state index contributed by atoms with van der Waals surface area (Å²) in [7, 11) is 0. The number of aromatic nitrogens is 1. The van der Waals surface area contributed by atoms with Gasteiger partial charge in [-0.2, -0.15) is 5.26 Å². The van der Waals surface area contributed by atoms with Crippen LogP contribution in [-0.2, 0) is 0 Å². The number of aryl methyl sites for hydroxylation is 1. The molecule has 0 saturated carbocycles. The van der Waals surface area contributed by atoms with E-state index in [0.29, 0.717) is 37.1 Å². The number of fused-ring (bicyclic) bond motifs is 1. The molecule has 6 nitrogen and oxygen atoms in total. The van der Waals surface area contributed by atoms with Gasteiger partial charge in [0.1, 0.15) is 28.0 Å². The van der Waals surface area contributed by atoms with Gasteiger partial charge in [0.15, 0.2) is 0 Å². The molecule has 0 atom stereocenters. The van der Waals surface area contributed by atoms with Gasteiger partial charge in [0, 0.05) is 22.0 Å². The molecule has 5 aromatic rings. The van der Waals surface area contributed by atoms with E-state index in [1.807, 2.05) is 73.7 Å². The fourth-order valence-corrected chi connectivity index (χ4v) is 5.35. The highest BCUT2D eigenvalue weighted by Gasteiger charge is 2.26. The van der Waals surface area contributed by atoms with Crippen molar-refractivity contribution in [3.8, 4) is 17.2 Å². The van der Waals surface area contributed by atoms with Crippen LogP contribution in [0.5, 0.6) is 0 Å². The highest BCUT2D eigenvalue weighted by atomic mass is 35.5. The van der Waals surface area contributed by atoms with E-state index in [0.717, 1.165) is 16.8 Å². The highest BCUT2D eigenvalue weighted by Crippen LogP contribution is 2.44. The third kappa shape index (κ3) is 4.48. The molecule has 0 radical (unpaired) electrons. The fourth-order valence-electron chi connectivity index (χ4n) is 3.99. The Morgan fingerprint density at radius 1 is 1.03 bits per heavy atom. The minimum Gasteiger partial charge on any atom is -0.383 e. The van der Waals surface area contributed by atoms with Gasteiger partial charge in [-0.25, -0.2) is 4.98 Å². The Hall–Kier alpha value is -4.38. The van der Waals surface area contributed by atoms with Crippen molar-refractivity contribution >= 4 is 61.3 Å². The molecule has 3 aromatic carbocycles. The normalized spacial score (nSPS) is 10.7. The Balaban J connectivity index is 1.75. The number of thiophene rings is 1. The molecule has 0 spiro atoms. The molecule has 0 unspecified atom stereocenters. The number of nitriles is 1. The van der Waals surface area contributed by atoms with E-state index in [4.69, 9.17) is 17.3 Å². The van der Waals surface area contributed by atoms with Gasteiger partial charge in [-0.3, -0.25) is 4.79 Å². The fraction of sp³-hybridized carbons (Fsp3) is 0.0357. The summed E-state index contributed by atoms with van der Waals surface area (Å²) >= 11 is 7.46. The number of nitrogen functional groups attached to an aromatic ring is 1. The molecule has 4 N–H and O–H groups in total. The molecule has 1 amide bonds. The molecular weight excluding hydrogens is 490 g/mol. The quantitative estimate of drug-likeness (QED) is 0.229. The zero-order chi connectivity index (χ0) is 25.2. The van der Waals surface area contributed by atoms with Gasteiger partial charge in [0.2, 0.25) is 0 Å². The summed E-state index contributed by atoms with van der Waals surface area (Å²) in [5.74, 6) is -0.271. The van der Waals surface area contributed by atoms with E-state index in [2.05, 4.69) is 21.7 Å². The monoisotopic (exact) mass is 509 g/mol. The van der Waals surface area contributed by atoms with Gasteiger partial charge in [0.25, 0.3) is 5.91 Å². The van der Waals surface area contributed by atoms with Crippen molar-refractivity contribution < 1.29 is 4.79 Å². The molecule has 2 aromatic heterocycles. The van der Waals surface area contributed by atoms with E-state index in [1.165, 1.54) is 11.3 Å². The maximum atomic E-state index is 13.7. The lowest BCUT2D eigenvalue weighted by molar-refractivity contribution is 0.102. The molecule has 36 heavy (non-hydrogen) atoms. The molecule has 2 heterocycles. The number of amides is 1. The highest BCUT2D eigenvalue weighted by molar-refractivity contribution is 7.24. The number of pyridine rings is 1. The SMILES string of the molecule is Cc1cccc(NC(=O)c2c(Nc3ccccc3)sc3c(-c4ccc(Cl)cc4)c(C#N)c(N)nc23)c1. The van der Waals surface area contributed by atoms with Crippen LogP contribution in [0.4, 0.5) is 22.2 Å². The van der Waals surface area contributed by atoms with E-state index < -0.39 is 0 Å². The van der Waals surface area contributed by atoms with E-state index in [9.17, 15) is 10.1 Å². The Bertz CT molecular complexity index is 1640. The van der Waals surface area contributed by atoms with Crippen LogP contribution in [0.3, 0.4) is 0 Å². The largest absolute Gasteiger partial charge is 0.383 e. The van der Waals surface area contributed by atoms with Crippen molar-refractivity contribution in [3.63, 3.8) is 0 Å². The zero-order valence-corrected chi connectivity index (χ0v) is 20.7. The molecule has 0 fully saturated rings. The first-order chi connectivity index (χ1) is 17.4. The second-order valence-electron chi connectivity index (χ2n) is 8.16. The standard InChI is InChI=1S/C28H20ClN5OS/c1-16-6-5-9-20(14-16)32-27(35)23-24-25(36-28(23)33-19-7-3-2-4-8-19)22(21(15-30)26(31)34-24)17-10-12-18(29)13-11-17/h2-14,33H,1H3,(H2,31,34)(H,32,35). The van der Waals surface area contributed by atoms with Crippen molar-refractivity contribution in [1.82, 2.24) is 4.98 Å². The van der Waals surface area contributed by atoms with Crippen LogP contribution in [0.25, 0.3) is 21.3 Å². The molecule has 0 bridgehead atoms. The third-order valence-electron chi connectivity index (χ3n) is 5.63. The summed E-state index contributed by atoms with van der Waals surface area (Å²) in [6, 6.07) is 26.5. The average Bonchev–Trinajstić information content (AvgIpc) is 3.21. The van der Waals surface area contributed by atoms with E-state index >= 15 is 0 Å². The number of nitrogens with zero attached hydrogens (tertiary/aromatic N) is 2. The Morgan fingerprint density at radius 3 is 2.44 bits per heavy atom. The number of nitrogens with one attached hydrogen (secondary N) is 2. The lowest BCUT2D eigenvalue weighted by Crippen LogP contribution is -2.13. The van der Waals surface area contributed by atoms with Gasteiger partial charge in [0.05, 0.1) is 10.2 Å². The Labute approximate surface area is 217 Å². The van der Waals surface area contributed by atoms with Gasteiger partial charge in [-0.05, 0) is 54.4 Å². The number of carbonyl (C=O) groups excluding carboxylic acids is 1. The number of anilines is 4. The number of carbonyl (C=O) groups is 1. The first kappa shape index (κ1) is 23.4.